The lowest BCUT2D eigenvalue weighted by Crippen LogP contribution is -2.12. The summed E-state index contributed by atoms with van der Waals surface area (Å²) in [5.74, 6) is 1.64. The monoisotopic (exact) mass is 276 g/mol. The lowest BCUT2D eigenvalue weighted by Gasteiger charge is -2.19. The molecular formula is C18H28O2. The fourth-order valence-corrected chi connectivity index (χ4v) is 3.01. The van der Waals surface area contributed by atoms with Crippen LogP contribution in [0.4, 0.5) is 0 Å². The molecule has 3 atom stereocenters. The van der Waals surface area contributed by atoms with Gasteiger partial charge in [-0.15, -0.1) is 0 Å². The van der Waals surface area contributed by atoms with E-state index >= 15 is 0 Å². The summed E-state index contributed by atoms with van der Waals surface area (Å²) in [5, 5.41) is 0. The number of hydrogen-bond donors (Lipinski definition) is 0. The Balaban J connectivity index is 2.18. The maximum atomic E-state index is 5.86. The SMILES string of the molecule is CCCOc1cc(C)c(CC(C)C2OC2C)c(C)c1C. The molecule has 1 heterocycles. The van der Waals surface area contributed by atoms with Crippen molar-refractivity contribution in [1.82, 2.24) is 0 Å². The maximum Gasteiger partial charge on any atom is 0.122 e. The number of ether oxygens (including phenoxy) is 2. The van der Waals surface area contributed by atoms with Crippen molar-refractivity contribution in [2.75, 3.05) is 6.61 Å². The van der Waals surface area contributed by atoms with Crippen LogP contribution in [0.3, 0.4) is 0 Å². The van der Waals surface area contributed by atoms with Crippen LogP contribution in [-0.2, 0) is 11.2 Å². The quantitative estimate of drug-likeness (QED) is 0.720. The average Bonchev–Trinajstić information content (AvgIpc) is 3.14. The van der Waals surface area contributed by atoms with Crippen molar-refractivity contribution in [3.8, 4) is 5.75 Å². The highest BCUT2D eigenvalue weighted by Gasteiger charge is 2.39. The molecule has 1 saturated heterocycles. The largest absolute Gasteiger partial charge is 0.493 e. The van der Waals surface area contributed by atoms with Crippen molar-refractivity contribution >= 4 is 0 Å². The first-order valence-corrected chi connectivity index (χ1v) is 7.83. The van der Waals surface area contributed by atoms with Crippen molar-refractivity contribution in [1.29, 1.82) is 0 Å². The highest BCUT2D eigenvalue weighted by Crippen LogP contribution is 2.34. The van der Waals surface area contributed by atoms with Crippen LogP contribution >= 0.6 is 0 Å². The molecule has 0 bridgehead atoms. The van der Waals surface area contributed by atoms with E-state index in [1.54, 1.807) is 0 Å². The van der Waals surface area contributed by atoms with Gasteiger partial charge in [-0.05, 0) is 74.8 Å². The van der Waals surface area contributed by atoms with Gasteiger partial charge in [-0.1, -0.05) is 13.8 Å². The van der Waals surface area contributed by atoms with E-state index in [2.05, 4.69) is 47.6 Å². The van der Waals surface area contributed by atoms with Gasteiger partial charge < -0.3 is 9.47 Å². The molecule has 1 fully saturated rings. The number of aryl methyl sites for hydroxylation is 1. The molecule has 1 aliphatic heterocycles. The van der Waals surface area contributed by atoms with Gasteiger partial charge in [-0.2, -0.15) is 0 Å². The molecule has 1 aliphatic rings. The second kappa shape index (κ2) is 6.17. The Labute approximate surface area is 123 Å². The molecule has 2 heteroatoms. The van der Waals surface area contributed by atoms with Crippen LogP contribution in [0.1, 0.15) is 49.4 Å². The normalized spacial score (nSPS) is 22.7. The number of hydrogen-bond acceptors (Lipinski definition) is 2. The van der Waals surface area contributed by atoms with Crippen molar-refractivity contribution in [3.63, 3.8) is 0 Å². The van der Waals surface area contributed by atoms with E-state index < -0.39 is 0 Å². The first kappa shape index (κ1) is 15.4. The Morgan fingerprint density at radius 3 is 2.45 bits per heavy atom. The third-order valence-corrected chi connectivity index (χ3v) is 4.51. The Bertz CT molecular complexity index is 479. The molecular weight excluding hydrogens is 248 g/mol. The average molecular weight is 276 g/mol. The van der Waals surface area contributed by atoms with Crippen LogP contribution in [-0.4, -0.2) is 18.8 Å². The highest BCUT2D eigenvalue weighted by molar-refractivity contribution is 5.48. The van der Waals surface area contributed by atoms with E-state index in [-0.39, 0.29) is 0 Å². The third kappa shape index (κ3) is 3.17. The third-order valence-electron chi connectivity index (χ3n) is 4.51. The molecule has 0 saturated carbocycles. The van der Waals surface area contributed by atoms with Crippen molar-refractivity contribution in [3.05, 3.63) is 28.3 Å². The summed E-state index contributed by atoms with van der Waals surface area (Å²) >= 11 is 0. The minimum absolute atomic E-state index is 0.443. The van der Waals surface area contributed by atoms with Gasteiger partial charge in [0.05, 0.1) is 18.8 Å². The van der Waals surface area contributed by atoms with Crippen LogP contribution in [0.15, 0.2) is 6.07 Å². The van der Waals surface area contributed by atoms with Crippen molar-refractivity contribution < 1.29 is 9.47 Å². The minimum Gasteiger partial charge on any atom is -0.493 e. The number of benzene rings is 1. The van der Waals surface area contributed by atoms with E-state index in [1.165, 1.54) is 22.3 Å². The van der Waals surface area contributed by atoms with E-state index in [4.69, 9.17) is 9.47 Å². The Kier molecular flexibility index (Phi) is 4.74. The van der Waals surface area contributed by atoms with Crippen LogP contribution in [0, 0.1) is 26.7 Å². The lowest BCUT2D eigenvalue weighted by atomic mass is 9.89. The standard InChI is InChI=1S/C18H28O2/c1-7-8-19-17-10-11(2)16(13(4)14(17)5)9-12(3)18-15(6)20-18/h10,12,15,18H,7-9H2,1-6H3. The summed E-state index contributed by atoms with van der Waals surface area (Å²) in [7, 11) is 0. The molecule has 1 aromatic rings. The second-order valence-corrected chi connectivity index (χ2v) is 6.26. The second-order valence-electron chi connectivity index (χ2n) is 6.26. The molecule has 3 unspecified atom stereocenters. The van der Waals surface area contributed by atoms with Gasteiger partial charge in [0.25, 0.3) is 0 Å². The molecule has 20 heavy (non-hydrogen) atoms. The number of epoxide rings is 1. The van der Waals surface area contributed by atoms with Crippen molar-refractivity contribution in [2.24, 2.45) is 5.92 Å². The minimum atomic E-state index is 0.443. The molecule has 0 aromatic heterocycles. The van der Waals surface area contributed by atoms with Gasteiger partial charge >= 0.3 is 0 Å². The van der Waals surface area contributed by atoms with Gasteiger partial charge in [0, 0.05) is 0 Å². The molecule has 2 nitrogen and oxygen atoms in total. The van der Waals surface area contributed by atoms with Crippen molar-refractivity contribution in [2.45, 2.75) is 66.6 Å². The molecule has 2 rings (SSSR count). The lowest BCUT2D eigenvalue weighted by molar-refractivity contribution is 0.314. The topological polar surface area (TPSA) is 21.8 Å². The predicted molar refractivity (Wildman–Crippen MR) is 83.6 cm³/mol. The Hall–Kier alpha value is -1.02. The molecule has 0 amide bonds. The fraction of sp³-hybridized carbons (Fsp3) is 0.667. The van der Waals surface area contributed by atoms with Crippen LogP contribution in [0.2, 0.25) is 0 Å². The summed E-state index contributed by atoms with van der Waals surface area (Å²) in [4.78, 5) is 0. The van der Waals surface area contributed by atoms with Crippen LogP contribution in [0.25, 0.3) is 0 Å². The molecule has 112 valence electrons. The maximum absolute atomic E-state index is 5.86. The van der Waals surface area contributed by atoms with E-state index in [0.717, 1.165) is 25.2 Å². The molecule has 0 aliphatic carbocycles. The van der Waals surface area contributed by atoms with Gasteiger partial charge in [0.2, 0.25) is 0 Å². The molecule has 1 aromatic carbocycles. The van der Waals surface area contributed by atoms with Crippen LogP contribution in [0.5, 0.6) is 5.75 Å². The summed E-state index contributed by atoms with van der Waals surface area (Å²) in [6, 6.07) is 2.21. The molecule has 0 spiro atoms. The predicted octanol–water partition coefficient (Wildman–Crippen LogP) is 4.37. The first-order chi connectivity index (χ1) is 9.45. The zero-order valence-electron chi connectivity index (χ0n) is 13.7. The van der Waals surface area contributed by atoms with Gasteiger partial charge in [0.15, 0.2) is 0 Å². The smallest absolute Gasteiger partial charge is 0.122 e. The molecule has 0 radical (unpaired) electrons. The molecule has 0 N–H and O–H groups in total. The van der Waals surface area contributed by atoms with Gasteiger partial charge in [-0.3, -0.25) is 0 Å². The zero-order chi connectivity index (χ0) is 14.9. The van der Waals surface area contributed by atoms with E-state index in [1.807, 2.05) is 0 Å². The highest BCUT2D eigenvalue weighted by atomic mass is 16.6. The summed E-state index contributed by atoms with van der Waals surface area (Å²) in [6.45, 7) is 14.0. The van der Waals surface area contributed by atoms with E-state index in [0.29, 0.717) is 18.1 Å². The Morgan fingerprint density at radius 2 is 1.90 bits per heavy atom. The zero-order valence-corrected chi connectivity index (χ0v) is 13.7. The number of rotatable bonds is 6. The summed E-state index contributed by atoms with van der Waals surface area (Å²) in [6.07, 6.45) is 3.04. The van der Waals surface area contributed by atoms with Crippen LogP contribution < -0.4 is 4.74 Å². The van der Waals surface area contributed by atoms with Gasteiger partial charge in [-0.25, -0.2) is 0 Å². The van der Waals surface area contributed by atoms with E-state index in [9.17, 15) is 0 Å². The summed E-state index contributed by atoms with van der Waals surface area (Å²) in [5.41, 5.74) is 5.49. The fourth-order valence-electron chi connectivity index (χ4n) is 3.01. The summed E-state index contributed by atoms with van der Waals surface area (Å²) < 4.78 is 11.5. The van der Waals surface area contributed by atoms with Gasteiger partial charge in [0.1, 0.15) is 5.75 Å². The first-order valence-electron chi connectivity index (χ1n) is 7.83. The Morgan fingerprint density at radius 1 is 1.25 bits per heavy atom.